The Hall–Kier alpha value is -1.71. The van der Waals surface area contributed by atoms with E-state index >= 15 is 0 Å². The predicted octanol–water partition coefficient (Wildman–Crippen LogP) is 1.11. The molecule has 84 valence electrons. The zero-order valence-corrected chi connectivity index (χ0v) is 9.42. The lowest BCUT2D eigenvalue weighted by molar-refractivity contribution is -0.137. The van der Waals surface area contributed by atoms with Crippen LogP contribution in [0.4, 0.5) is 0 Å². The minimum Gasteiger partial charge on any atom is -0.486 e. The first kappa shape index (κ1) is 10.8. The maximum Gasteiger partial charge on any atom is 0.222 e. The third-order valence-corrected chi connectivity index (χ3v) is 2.97. The molecule has 1 heterocycles. The summed E-state index contributed by atoms with van der Waals surface area (Å²) in [4.78, 5) is 34.2. The maximum absolute atomic E-state index is 11.5. The molecular weight excluding hydrogens is 208 g/mol. The fourth-order valence-electron chi connectivity index (χ4n) is 2.30. The number of hydrogen-bond donors (Lipinski definition) is 0. The largest absolute Gasteiger partial charge is 0.486 e. The van der Waals surface area contributed by atoms with Crippen LogP contribution in [0.2, 0.25) is 0 Å². The second-order valence-corrected chi connectivity index (χ2v) is 4.34. The van der Waals surface area contributed by atoms with Gasteiger partial charge >= 0.3 is 0 Å². The molecule has 4 heteroatoms. The number of hydrogen-bond acceptors (Lipinski definition) is 4. The van der Waals surface area contributed by atoms with Crippen LogP contribution in [0, 0.1) is 0 Å². The Bertz CT molecular complexity index is 481. The van der Waals surface area contributed by atoms with Crippen molar-refractivity contribution in [1.82, 2.24) is 0 Å². The molecule has 0 aromatic rings. The summed E-state index contributed by atoms with van der Waals surface area (Å²) in [6, 6.07) is 0. The number of ether oxygens (including phenoxy) is 1. The molecule has 16 heavy (non-hydrogen) atoms. The lowest BCUT2D eigenvalue weighted by Crippen LogP contribution is -2.37. The molecule has 0 saturated carbocycles. The van der Waals surface area contributed by atoms with E-state index < -0.39 is 17.2 Å². The lowest BCUT2D eigenvalue weighted by Gasteiger charge is -2.28. The van der Waals surface area contributed by atoms with Crippen molar-refractivity contribution in [1.29, 1.82) is 0 Å². The molecule has 2 aliphatic rings. The number of allylic oxidation sites excluding steroid dienone is 2. The smallest absolute Gasteiger partial charge is 0.222 e. The van der Waals surface area contributed by atoms with Crippen LogP contribution >= 0.6 is 0 Å². The number of carbonyl (C=O) groups is 3. The van der Waals surface area contributed by atoms with Crippen LogP contribution in [0.15, 0.2) is 23.0 Å². The third-order valence-electron chi connectivity index (χ3n) is 2.97. The summed E-state index contributed by atoms with van der Waals surface area (Å²) in [6.45, 7) is 4.83. The van der Waals surface area contributed by atoms with Crippen molar-refractivity contribution in [2.24, 2.45) is 0 Å². The zero-order chi connectivity index (χ0) is 12.1. The van der Waals surface area contributed by atoms with Gasteiger partial charge in [0.05, 0.1) is 12.0 Å². The van der Waals surface area contributed by atoms with Crippen LogP contribution in [0.3, 0.4) is 0 Å². The Morgan fingerprint density at radius 3 is 2.62 bits per heavy atom. The van der Waals surface area contributed by atoms with Gasteiger partial charge in [-0.1, -0.05) is 0 Å². The fraction of sp³-hybridized carbons (Fsp3) is 0.417. The second kappa shape index (κ2) is 3.14. The van der Waals surface area contributed by atoms with Crippen molar-refractivity contribution in [2.75, 3.05) is 0 Å². The summed E-state index contributed by atoms with van der Waals surface area (Å²) >= 11 is 0. The first-order valence-corrected chi connectivity index (χ1v) is 5.06. The van der Waals surface area contributed by atoms with E-state index in [1.807, 2.05) is 0 Å². The Morgan fingerprint density at radius 2 is 2.06 bits per heavy atom. The third kappa shape index (κ3) is 1.33. The summed E-state index contributed by atoms with van der Waals surface area (Å²) in [5, 5.41) is 0. The van der Waals surface area contributed by atoms with E-state index in [2.05, 4.69) is 0 Å². The molecule has 1 aliphatic heterocycles. The first-order chi connectivity index (χ1) is 7.35. The van der Waals surface area contributed by atoms with Gasteiger partial charge in [0.1, 0.15) is 11.4 Å². The molecule has 0 aromatic carbocycles. The maximum atomic E-state index is 11.5. The van der Waals surface area contributed by atoms with Crippen molar-refractivity contribution in [3.63, 3.8) is 0 Å². The van der Waals surface area contributed by atoms with Crippen LogP contribution in [0.1, 0.15) is 27.2 Å². The van der Waals surface area contributed by atoms with Crippen LogP contribution < -0.4 is 0 Å². The quantitative estimate of drug-likeness (QED) is 0.621. The Kier molecular flexibility index (Phi) is 2.12. The Labute approximate surface area is 93.0 Å². The number of rotatable bonds is 1. The Morgan fingerprint density at radius 1 is 1.44 bits per heavy atom. The van der Waals surface area contributed by atoms with Gasteiger partial charge in [0.2, 0.25) is 11.6 Å². The zero-order valence-electron chi connectivity index (χ0n) is 9.42. The van der Waals surface area contributed by atoms with Crippen molar-refractivity contribution in [3.8, 4) is 0 Å². The van der Waals surface area contributed by atoms with Crippen LogP contribution in [-0.4, -0.2) is 23.0 Å². The van der Waals surface area contributed by atoms with Gasteiger partial charge in [-0.05, 0) is 26.8 Å². The number of carbonyl (C=O) groups excluding carboxylic acids is 3. The summed E-state index contributed by atoms with van der Waals surface area (Å²) < 4.78 is 5.56. The highest BCUT2D eigenvalue weighted by atomic mass is 16.5. The molecular formula is C12H12O4. The molecule has 0 bridgehead atoms. The summed E-state index contributed by atoms with van der Waals surface area (Å²) in [7, 11) is 0. The monoisotopic (exact) mass is 220 g/mol. The van der Waals surface area contributed by atoms with Gasteiger partial charge in [-0.2, -0.15) is 0 Å². The molecule has 1 atom stereocenters. The summed E-state index contributed by atoms with van der Waals surface area (Å²) in [6.07, 6.45) is 1.24. The molecule has 0 radical (unpaired) electrons. The van der Waals surface area contributed by atoms with Crippen LogP contribution in [0.25, 0.3) is 0 Å². The molecule has 0 spiro atoms. The van der Waals surface area contributed by atoms with Crippen molar-refractivity contribution in [3.05, 3.63) is 23.0 Å². The van der Waals surface area contributed by atoms with Crippen molar-refractivity contribution in [2.45, 2.75) is 32.8 Å². The van der Waals surface area contributed by atoms with Crippen molar-refractivity contribution >= 4 is 17.3 Å². The van der Waals surface area contributed by atoms with E-state index in [4.69, 9.17) is 4.74 Å². The van der Waals surface area contributed by atoms with Gasteiger partial charge in [0, 0.05) is 5.57 Å². The van der Waals surface area contributed by atoms with Crippen molar-refractivity contribution < 1.29 is 19.1 Å². The van der Waals surface area contributed by atoms with Gasteiger partial charge in [0.15, 0.2) is 5.78 Å². The average molecular weight is 220 g/mol. The molecule has 1 unspecified atom stereocenters. The molecule has 0 fully saturated rings. The summed E-state index contributed by atoms with van der Waals surface area (Å²) in [5.74, 6) is -0.674. The topological polar surface area (TPSA) is 60.4 Å². The Balaban J connectivity index is 2.57. The highest BCUT2D eigenvalue weighted by molar-refractivity contribution is 6.43. The molecule has 2 rings (SSSR count). The normalized spacial score (nSPS) is 28.8. The number of Topliss-reactive ketones (excluding diaryl/α,β-unsaturated/α-hetero) is 2. The van der Waals surface area contributed by atoms with E-state index in [1.165, 1.54) is 13.0 Å². The number of fused-ring (bicyclic) bond motifs is 1. The van der Waals surface area contributed by atoms with E-state index in [0.29, 0.717) is 16.9 Å². The van der Waals surface area contributed by atoms with E-state index in [0.717, 1.165) is 0 Å². The fourth-order valence-corrected chi connectivity index (χ4v) is 2.30. The van der Waals surface area contributed by atoms with Gasteiger partial charge < -0.3 is 4.74 Å². The highest BCUT2D eigenvalue weighted by Gasteiger charge is 2.47. The highest BCUT2D eigenvalue weighted by Crippen LogP contribution is 2.43. The van der Waals surface area contributed by atoms with Gasteiger partial charge in [0.25, 0.3) is 0 Å². The van der Waals surface area contributed by atoms with E-state index in [1.54, 1.807) is 13.8 Å². The standard InChI is InChI=1S/C12H12O4/c1-6(13)11-7(2)16-12(3)5-10(15)9(14)4-8(11)12/h4H,5H2,1-3H3. The van der Waals surface area contributed by atoms with Gasteiger partial charge in [-0.15, -0.1) is 0 Å². The molecule has 4 nitrogen and oxygen atoms in total. The number of ketones is 3. The predicted molar refractivity (Wildman–Crippen MR) is 55.6 cm³/mol. The molecule has 0 N–H and O–H groups in total. The van der Waals surface area contributed by atoms with E-state index in [9.17, 15) is 14.4 Å². The van der Waals surface area contributed by atoms with E-state index in [-0.39, 0.29) is 12.2 Å². The van der Waals surface area contributed by atoms with Gasteiger partial charge in [-0.3, -0.25) is 14.4 Å². The molecule has 1 aliphatic carbocycles. The van der Waals surface area contributed by atoms with Crippen LogP contribution in [0.5, 0.6) is 0 Å². The summed E-state index contributed by atoms with van der Waals surface area (Å²) in [5.41, 5.74) is 0.140. The SMILES string of the molecule is CC(=O)C1=C(C)OC2(C)CC(=O)C(=O)C=C12. The molecule has 0 aromatic heterocycles. The second-order valence-electron chi connectivity index (χ2n) is 4.34. The molecule has 0 saturated heterocycles. The minimum absolute atomic E-state index is 0.00574. The minimum atomic E-state index is -0.837. The van der Waals surface area contributed by atoms with Gasteiger partial charge in [-0.25, -0.2) is 0 Å². The van der Waals surface area contributed by atoms with Crippen LogP contribution in [-0.2, 0) is 19.1 Å². The first-order valence-electron chi connectivity index (χ1n) is 5.06. The average Bonchev–Trinajstić information content (AvgIpc) is 2.37. The molecule has 0 amide bonds. The lowest BCUT2D eigenvalue weighted by atomic mass is 9.80.